The lowest BCUT2D eigenvalue weighted by molar-refractivity contribution is 1.63. The summed E-state index contributed by atoms with van der Waals surface area (Å²) in [6.45, 7) is 0. The van der Waals surface area contributed by atoms with E-state index >= 15 is 0 Å². The Morgan fingerprint density at radius 2 is 2.11 bits per heavy atom. The van der Waals surface area contributed by atoms with Crippen molar-refractivity contribution in [3.8, 4) is 0 Å². The molecule has 0 fully saturated rings. The van der Waals surface area contributed by atoms with E-state index in [1.54, 1.807) is 6.07 Å². The molecule has 0 atom stereocenters. The minimum atomic E-state index is 0.688. The third-order valence-electron chi connectivity index (χ3n) is 0.958. The molecule has 0 spiro atoms. The lowest BCUT2D eigenvalue weighted by Gasteiger charge is -1.95. The van der Waals surface area contributed by atoms with Crippen molar-refractivity contribution in [3.05, 3.63) is 26.8 Å². The summed E-state index contributed by atoms with van der Waals surface area (Å²) >= 11 is 7.79. The van der Waals surface area contributed by atoms with Gasteiger partial charge in [-0.1, -0.05) is 11.6 Å². The van der Waals surface area contributed by atoms with E-state index < -0.39 is 0 Å². The molecule has 0 aromatic heterocycles. The third kappa shape index (κ3) is 1.72. The predicted molar refractivity (Wildman–Crippen MR) is 48.6 cm³/mol. The standard InChI is InChI=1S/C6H5ClIN/c7-4-1-2-5(8)6(9)3-4/h1-3H,9H2. The van der Waals surface area contributed by atoms with Crippen LogP contribution in [0.4, 0.5) is 5.69 Å². The summed E-state index contributed by atoms with van der Waals surface area (Å²) in [7, 11) is 0. The molecule has 0 radical (unpaired) electrons. The van der Waals surface area contributed by atoms with E-state index in [0.717, 1.165) is 9.26 Å². The van der Waals surface area contributed by atoms with Gasteiger partial charge in [-0.2, -0.15) is 0 Å². The molecule has 1 aromatic rings. The van der Waals surface area contributed by atoms with Gasteiger partial charge in [0.25, 0.3) is 0 Å². The summed E-state index contributed by atoms with van der Waals surface area (Å²) in [5.41, 5.74) is 6.27. The Balaban J connectivity index is 3.17. The van der Waals surface area contributed by atoms with Crippen molar-refractivity contribution in [1.82, 2.24) is 0 Å². The molecular formula is C6H5ClIN. The maximum atomic E-state index is 5.63. The Morgan fingerprint density at radius 1 is 1.44 bits per heavy atom. The Hall–Kier alpha value is 0.0400. The summed E-state index contributed by atoms with van der Waals surface area (Å²) < 4.78 is 1.04. The van der Waals surface area contributed by atoms with Crippen molar-refractivity contribution < 1.29 is 0 Å². The van der Waals surface area contributed by atoms with Crippen LogP contribution in [-0.2, 0) is 0 Å². The zero-order chi connectivity index (χ0) is 6.85. The van der Waals surface area contributed by atoms with Gasteiger partial charge in [-0.05, 0) is 40.8 Å². The number of nitrogen functional groups attached to an aromatic ring is 1. The molecule has 1 nitrogen and oxygen atoms in total. The average Bonchev–Trinajstić information content (AvgIpc) is 1.80. The van der Waals surface area contributed by atoms with E-state index in [4.69, 9.17) is 17.3 Å². The number of rotatable bonds is 0. The Kier molecular flexibility index (Phi) is 2.18. The maximum Gasteiger partial charge on any atom is 0.0464 e. The first-order valence-electron chi connectivity index (χ1n) is 2.40. The normalized spacial score (nSPS) is 9.56. The van der Waals surface area contributed by atoms with Crippen LogP contribution in [0.1, 0.15) is 0 Å². The van der Waals surface area contributed by atoms with Crippen LogP contribution in [0.15, 0.2) is 18.2 Å². The van der Waals surface area contributed by atoms with Crippen molar-refractivity contribution >= 4 is 39.9 Å². The summed E-state index contributed by atoms with van der Waals surface area (Å²) in [6.07, 6.45) is 0. The Labute approximate surface area is 72.3 Å². The van der Waals surface area contributed by atoms with Gasteiger partial charge in [0.15, 0.2) is 0 Å². The van der Waals surface area contributed by atoms with Gasteiger partial charge >= 0.3 is 0 Å². The fourth-order valence-corrected chi connectivity index (χ4v) is 1.03. The highest BCUT2D eigenvalue weighted by atomic mass is 127. The highest BCUT2D eigenvalue weighted by Gasteiger charge is 1.92. The molecule has 0 heterocycles. The van der Waals surface area contributed by atoms with Crippen LogP contribution in [0.5, 0.6) is 0 Å². The van der Waals surface area contributed by atoms with Gasteiger partial charge in [-0.25, -0.2) is 0 Å². The van der Waals surface area contributed by atoms with Gasteiger partial charge in [0, 0.05) is 14.3 Å². The minimum Gasteiger partial charge on any atom is -0.398 e. The van der Waals surface area contributed by atoms with Crippen LogP contribution < -0.4 is 5.73 Å². The van der Waals surface area contributed by atoms with Crippen molar-refractivity contribution in [3.63, 3.8) is 0 Å². The maximum absolute atomic E-state index is 5.63. The smallest absolute Gasteiger partial charge is 0.0464 e. The fraction of sp³-hybridized carbons (Fsp3) is 0. The molecule has 9 heavy (non-hydrogen) atoms. The van der Waals surface area contributed by atoms with E-state index in [-0.39, 0.29) is 0 Å². The number of hydrogen-bond donors (Lipinski definition) is 1. The largest absolute Gasteiger partial charge is 0.398 e. The number of anilines is 1. The lowest BCUT2D eigenvalue weighted by Crippen LogP contribution is -1.86. The quantitative estimate of drug-likeness (QED) is 0.558. The van der Waals surface area contributed by atoms with Gasteiger partial charge < -0.3 is 5.73 Å². The van der Waals surface area contributed by atoms with Crippen LogP contribution in [0.2, 0.25) is 5.02 Å². The fourth-order valence-electron chi connectivity index (χ4n) is 0.515. The number of nitrogens with two attached hydrogens (primary N) is 1. The lowest BCUT2D eigenvalue weighted by atomic mass is 10.3. The molecule has 0 aliphatic rings. The van der Waals surface area contributed by atoms with Crippen LogP contribution in [-0.4, -0.2) is 0 Å². The van der Waals surface area contributed by atoms with Crippen molar-refractivity contribution in [2.24, 2.45) is 0 Å². The molecule has 0 aliphatic carbocycles. The SMILES string of the molecule is Nc1cc(Cl)ccc1I. The summed E-state index contributed by atoms with van der Waals surface area (Å²) in [6, 6.07) is 5.45. The molecule has 48 valence electrons. The molecule has 1 rings (SSSR count). The Morgan fingerprint density at radius 3 is 2.56 bits per heavy atom. The van der Waals surface area contributed by atoms with Gasteiger partial charge in [0.2, 0.25) is 0 Å². The molecular weight excluding hydrogens is 248 g/mol. The van der Waals surface area contributed by atoms with E-state index in [1.807, 2.05) is 12.1 Å². The topological polar surface area (TPSA) is 26.0 Å². The van der Waals surface area contributed by atoms with Crippen molar-refractivity contribution in [1.29, 1.82) is 0 Å². The molecule has 2 N–H and O–H groups in total. The van der Waals surface area contributed by atoms with Gasteiger partial charge in [-0.3, -0.25) is 0 Å². The highest BCUT2D eigenvalue weighted by molar-refractivity contribution is 14.1. The average molecular weight is 253 g/mol. The minimum absolute atomic E-state index is 0.688. The molecule has 0 unspecified atom stereocenters. The summed E-state index contributed by atoms with van der Waals surface area (Å²) in [5, 5.41) is 0.688. The number of halogens is 2. The molecule has 0 amide bonds. The highest BCUT2D eigenvalue weighted by Crippen LogP contribution is 2.18. The third-order valence-corrected chi connectivity index (χ3v) is 2.18. The first-order valence-corrected chi connectivity index (χ1v) is 3.86. The predicted octanol–water partition coefficient (Wildman–Crippen LogP) is 2.53. The summed E-state index contributed by atoms with van der Waals surface area (Å²) in [5.74, 6) is 0. The van der Waals surface area contributed by atoms with Crippen LogP contribution in [0, 0.1) is 3.57 Å². The Bertz CT molecular complexity index is 224. The summed E-state index contributed by atoms with van der Waals surface area (Å²) in [4.78, 5) is 0. The molecule has 1 aromatic carbocycles. The number of hydrogen-bond acceptors (Lipinski definition) is 1. The molecule has 0 saturated heterocycles. The zero-order valence-electron chi connectivity index (χ0n) is 4.57. The van der Waals surface area contributed by atoms with E-state index in [9.17, 15) is 0 Å². The molecule has 0 aliphatic heterocycles. The van der Waals surface area contributed by atoms with Gasteiger partial charge in [0.1, 0.15) is 0 Å². The molecule has 0 bridgehead atoms. The van der Waals surface area contributed by atoms with Crippen LogP contribution >= 0.6 is 34.2 Å². The van der Waals surface area contributed by atoms with Crippen molar-refractivity contribution in [2.45, 2.75) is 0 Å². The first kappa shape index (κ1) is 7.15. The van der Waals surface area contributed by atoms with E-state index in [2.05, 4.69) is 22.6 Å². The second kappa shape index (κ2) is 2.75. The van der Waals surface area contributed by atoms with Crippen LogP contribution in [0.3, 0.4) is 0 Å². The van der Waals surface area contributed by atoms with E-state index in [0.29, 0.717) is 5.02 Å². The molecule has 3 heteroatoms. The zero-order valence-corrected chi connectivity index (χ0v) is 7.48. The first-order chi connectivity index (χ1) is 4.20. The molecule has 0 saturated carbocycles. The van der Waals surface area contributed by atoms with E-state index in [1.165, 1.54) is 0 Å². The van der Waals surface area contributed by atoms with Gasteiger partial charge in [0.05, 0.1) is 0 Å². The van der Waals surface area contributed by atoms with Gasteiger partial charge in [-0.15, -0.1) is 0 Å². The number of benzene rings is 1. The van der Waals surface area contributed by atoms with Crippen molar-refractivity contribution in [2.75, 3.05) is 5.73 Å². The van der Waals surface area contributed by atoms with Crippen LogP contribution in [0.25, 0.3) is 0 Å². The second-order valence-corrected chi connectivity index (χ2v) is 3.26. The second-order valence-electron chi connectivity index (χ2n) is 1.67. The monoisotopic (exact) mass is 253 g/mol.